The number of ether oxygens (including phenoxy) is 1. The highest BCUT2D eigenvalue weighted by Crippen LogP contribution is 2.24. The van der Waals surface area contributed by atoms with E-state index < -0.39 is 0 Å². The molecule has 6 heteroatoms. The third-order valence-electron chi connectivity index (χ3n) is 4.70. The molecule has 1 aromatic carbocycles. The van der Waals surface area contributed by atoms with Crippen LogP contribution in [0.2, 0.25) is 0 Å². The molecule has 1 atom stereocenters. The first kappa shape index (κ1) is 17.3. The number of benzene rings is 1. The van der Waals surface area contributed by atoms with E-state index in [1.54, 1.807) is 4.90 Å². The molecule has 2 amide bonds. The van der Waals surface area contributed by atoms with Gasteiger partial charge in [0.1, 0.15) is 11.4 Å². The predicted molar refractivity (Wildman–Crippen MR) is 96.5 cm³/mol. The van der Waals surface area contributed by atoms with Gasteiger partial charge in [-0.1, -0.05) is 13.3 Å². The summed E-state index contributed by atoms with van der Waals surface area (Å²) in [5, 5.41) is 0.967. The SMILES string of the molecule is CCCCOc1ccc2cc(C(=O)N3CCC[C@H](C(N)=O)C3)[nH]c2c1. The summed E-state index contributed by atoms with van der Waals surface area (Å²) in [6.45, 7) is 3.87. The standard InChI is InChI=1S/C19H25N3O3/c1-2-3-9-25-15-7-6-13-10-17(21-16(13)11-15)19(24)22-8-4-5-14(12-22)18(20)23/h6-7,10-11,14,21H,2-5,8-9,12H2,1H3,(H2,20,23)/t14-/m0/s1. The first-order valence-corrected chi connectivity index (χ1v) is 8.92. The van der Waals surface area contributed by atoms with Gasteiger partial charge in [0.25, 0.3) is 5.91 Å². The molecule has 0 saturated carbocycles. The van der Waals surface area contributed by atoms with Gasteiger partial charge in [0.15, 0.2) is 0 Å². The van der Waals surface area contributed by atoms with Crippen molar-refractivity contribution in [3.8, 4) is 5.75 Å². The van der Waals surface area contributed by atoms with Crippen molar-refractivity contribution in [1.29, 1.82) is 0 Å². The van der Waals surface area contributed by atoms with Crippen molar-refractivity contribution < 1.29 is 14.3 Å². The molecule has 1 aliphatic heterocycles. The molecule has 1 aromatic heterocycles. The number of likely N-dealkylation sites (tertiary alicyclic amines) is 1. The minimum atomic E-state index is -0.331. The van der Waals surface area contributed by atoms with E-state index in [-0.39, 0.29) is 17.7 Å². The highest BCUT2D eigenvalue weighted by Gasteiger charge is 2.28. The van der Waals surface area contributed by atoms with Gasteiger partial charge in [-0.25, -0.2) is 0 Å². The van der Waals surface area contributed by atoms with E-state index in [4.69, 9.17) is 10.5 Å². The number of carbonyl (C=O) groups is 2. The molecule has 0 unspecified atom stereocenters. The Kier molecular flexibility index (Phi) is 5.26. The van der Waals surface area contributed by atoms with Crippen LogP contribution >= 0.6 is 0 Å². The maximum atomic E-state index is 12.7. The van der Waals surface area contributed by atoms with Crippen LogP contribution in [-0.4, -0.2) is 41.4 Å². The number of carbonyl (C=O) groups excluding carboxylic acids is 2. The molecule has 2 heterocycles. The van der Waals surface area contributed by atoms with Crippen LogP contribution in [-0.2, 0) is 4.79 Å². The van der Waals surface area contributed by atoms with Crippen molar-refractivity contribution in [2.45, 2.75) is 32.6 Å². The topological polar surface area (TPSA) is 88.4 Å². The fourth-order valence-corrected chi connectivity index (χ4v) is 3.21. The van der Waals surface area contributed by atoms with E-state index >= 15 is 0 Å². The van der Waals surface area contributed by atoms with Gasteiger partial charge in [-0.3, -0.25) is 9.59 Å². The van der Waals surface area contributed by atoms with Crippen molar-refractivity contribution in [2.75, 3.05) is 19.7 Å². The molecule has 0 bridgehead atoms. The fourth-order valence-electron chi connectivity index (χ4n) is 3.21. The average Bonchev–Trinajstić information content (AvgIpc) is 3.04. The van der Waals surface area contributed by atoms with Crippen LogP contribution in [0.5, 0.6) is 5.75 Å². The summed E-state index contributed by atoms with van der Waals surface area (Å²) in [7, 11) is 0. The summed E-state index contributed by atoms with van der Waals surface area (Å²) >= 11 is 0. The van der Waals surface area contributed by atoms with Crippen molar-refractivity contribution in [3.63, 3.8) is 0 Å². The van der Waals surface area contributed by atoms with Crippen LogP contribution in [0, 0.1) is 5.92 Å². The van der Waals surface area contributed by atoms with E-state index in [9.17, 15) is 9.59 Å². The number of piperidine rings is 1. The zero-order valence-corrected chi connectivity index (χ0v) is 14.6. The summed E-state index contributed by atoms with van der Waals surface area (Å²) in [6, 6.07) is 7.64. The number of rotatable bonds is 6. The molecule has 1 saturated heterocycles. The molecule has 134 valence electrons. The lowest BCUT2D eigenvalue weighted by Crippen LogP contribution is -2.44. The molecule has 25 heavy (non-hydrogen) atoms. The monoisotopic (exact) mass is 343 g/mol. The number of fused-ring (bicyclic) bond motifs is 1. The van der Waals surface area contributed by atoms with Gasteiger partial charge >= 0.3 is 0 Å². The molecule has 0 radical (unpaired) electrons. The van der Waals surface area contributed by atoms with Crippen molar-refractivity contribution in [1.82, 2.24) is 9.88 Å². The van der Waals surface area contributed by atoms with Gasteiger partial charge in [0.05, 0.1) is 12.5 Å². The molecule has 3 N–H and O–H groups in total. The highest BCUT2D eigenvalue weighted by molar-refractivity contribution is 5.98. The summed E-state index contributed by atoms with van der Waals surface area (Å²) < 4.78 is 5.71. The Morgan fingerprint density at radius 1 is 1.36 bits per heavy atom. The number of amides is 2. The lowest BCUT2D eigenvalue weighted by atomic mass is 9.97. The first-order chi connectivity index (χ1) is 12.1. The molecular weight excluding hydrogens is 318 g/mol. The van der Waals surface area contributed by atoms with Crippen molar-refractivity contribution >= 4 is 22.7 Å². The summed E-state index contributed by atoms with van der Waals surface area (Å²) in [5.41, 5.74) is 6.81. The number of H-pyrrole nitrogens is 1. The number of aromatic amines is 1. The Bertz CT molecular complexity index is 768. The number of unbranched alkanes of at least 4 members (excludes halogenated alkanes) is 1. The molecular formula is C19H25N3O3. The van der Waals surface area contributed by atoms with Gasteiger partial charge in [-0.2, -0.15) is 0 Å². The van der Waals surface area contributed by atoms with E-state index in [0.29, 0.717) is 25.4 Å². The molecule has 1 fully saturated rings. The van der Waals surface area contributed by atoms with Gasteiger partial charge in [-0.15, -0.1) is 0 Å². The van der Waals surface area contributed by atoms with Crippen LogP contribution in [0.25, 0.3) is 10.9 Å². The smallest absolute Gasteiger partial charge is 0.270 e. The van der Waals surface area contributed by atoms with Crippen LogP contribution in [0.3, 0.4) is 0 Å². The highest BCUT2D eigenvalue weighted by atomic mass is 16.5. The Morgan fingerprint density at radius 3 is 2.96 bits per heavy atom. The Morgan fingerprint density at radius 2 is 2.20 bits per heavy atom. The van der Waals surface area contributed by atoms with Gasteiger partial charge in [0, 0.05) is 30.1 Å². The molecule has 0 spiro atoms. The van der Waals surface area contributed by atoms with Crippen molar-refractivity contribution in [2.24, 2.45) is 11.7 Å². The van der Waals surface area contributed by atoms with Gasteiger partial charge in [-0.05, 0) is 37.5 Å². The number of hydrogen-bond donors (Lipinski definition) is 2. The Balaban J connectivity index is 1.74. The van der Waals surface area contributed by atoms with E-state index in [2.05, 4.69) is 11.9 Å². The summed E-state index contributed by atoms with van der Waals surface area (Å²) in [4.78, 5) is 29.0. The Hall–Kier alpha value is -2.50. The molecule has 2 aromatic rings. The first-order valence-electron chi connectivity index (χ1n) is 8.92. The predicted octanol–water partition coefficient (Wildman–Crippen LogP) is 2.68. The number of primary amides is 1. The Labute approximate surface area is 147 Å². The van der Waals surface area contributed by atoms with Crippen LogP contribution in [0.4, 0.5) is 0 Å². The number of nitrogens with one attached hydrogen (secondary N) is 1. The van der Waals surface area contributed by atoms with Crippen LogP contribution in [0.15, 0.2) is 24.3 Å². The number of hydrogen-bond acceptors (Lipinski definition) is 3. The second-order valence-electron chi connectivity index (χ2n) is 6.63. The van der Waals surface area contributed by atoms with E-state index in [0.717, 1.165) is 42.3 Å². The second-order valence-corrected chi connectivity index (χ2v) is 6.63. The van der Waals surface area contributed by atoms with Crippen LogP contribution < -0.4 is 10.5 Å². The second kappa shape index (κ2) is 7.59. The normalized spacial score (nSPS) is 17.6. The number of nitrogens with zero attached hydrogens (tertiary/aromatic N) is 1. The molecule has 6 nitrogen and oxygen atoms in total. The van der Waals surface area contributed by atoms with Crippen molar-refractivity contribution in [3.05, 3.63) is 30.0 Å². The molecule has 1 aliphatic rings. The minimum Gasteiger partial charge on any atom is -0.494 e. The zero-order valence-electron chi connectivity index (χ0n) is 14.6. The van der Waals surface area contributed by atoms with Crippen LogP contribution in [0.1, 0.15) is 43.1 Å². The summed E-state index contributed by atoms with van der Waals surface area (Å²) in [5.74, 6) is 0.132. The van der Waals surface area contributed by atoms with Gasteiger partial charge in [0.2, 0.25) is 5.91 Å². The maximum Gasteiger partial charge on any atom is 0.270 e. The fraction of sp³-hybridized carbons (Fsp3) is 0.474. The van der Waals surface area contributed by atoms with Gasteiger partial charge < -0.3 is 20.4 Å². The largest absolute Gasteiger partial charge is 0.494 e. The van der Waals surface area contributed by atoms with E-state index in [1.807, 2.05) is 24.3 Å². The zero-order chi connectivity index (χ0) is 17.8. The third-order valence-corrected chi connectivity index (χ3v) is 4.70. The quantitative estimate of drug-likeness (QED) is 0.790. The lowest BCUT2D eigenvalue weighted by Gasteiger charge is -2.30. The average molecular weight is 343 g/mol. The summed E-state index contributed by atoms with van der Waals surface area (Å²) in [6.07, 6.45) is 3.66. The van der Waals surface area contributed by atoms with E-state index in [1.165, 1.54) is 0 Å². The maximum absolute atomic E-state index is 12.7. The minimum absolute atomic E-state index is 0.0874. The number of nitrogens with two attached hydrogens (primary N) is 1. The molecule has 3 rings (SSSR count). The lowest BCUT2D eigenvalue weighted by molar-refractivity contribution is -0.123. The third kappa shape index (κ3) is 3.95. The number of aromatic nitrogens is 1. The molecule has 0 aliphatic carbocycles.